The average molecular weight is 1190 g/mol. The van der Waals surface area contributed by atoms with Crippen LogP contribution in [-0.4, -0.2) is 78.1 Å². The molecule has 0 heterocycles. The topological polar surface area (TPSA) is 72.5 Å². The Labute approximate surface area is 476 Å². The van der Waals surface area contributed by atoms with E-state index in [1.54, 1.807) is 4.99 Å². The standard InChI is InChI=1S/C62H113BrO7Si5/c1-30-35-49(8)42-55(69-74(28,29)62(19,20)21)45-53(68-73(26,27)61(16,17)18)39-34-38-52(67-72(24,25)60(13,14)15)44-54(43-50(9)66-71(22,23)59(10,11)12)65-58(64)57-51(36-31-32-41-63)37-33-40-56(57)70-75(46(2)3,47(4)5)48(6)7/h1,31-37,39-41,46-48,50,52-55H,38,42-45H2,2-29H3/b36-31+,39-34+,41-32+,49-35+/t50-,52+,53-,54+,55+/m1/s1. The van der Waals surface area contributed by atoms with Crippen molar-refractivity contribution in [2.75, 3.05) is 0 Å². The fourth-order valence-corrected chi connectivity index (χ4v) is 19.9. The monoisotopic (exact) mass is 1190 g/mol. The first-order chi connectivity index (χ1) is 33.8. The number of halogens is 1. The van der Waals surface area contributed by atoms with Gasteiger partial charge in [-0.1, -0.05) is 195 Å². The first-order valence-corrected chi connectivity index (χ1v) is 43.0. The minimum absolute atomic E-state index is 0.000967. The molecule has 0 N–H and O–H groups in total. The van der Waals surface area contributed by atoms with Crippen molar-refractivity contribution in [1.82, 2.24) is 0 Å². The third-order valence-corrected chi connectivity index (χ3v) is 41.8. The summed E-state index contributed by atoms with van der Waals surface area (Å²) in [5.41, 5.74) is 3.23. The Morgan fingerprint density at radius 3 is 1.56 bits per heavy atom. The van der Waals surface area contributed by atoms with Gasteiger partial charge in [0.1, 0.15) is 17.4 Å². The number of carbonyl (C=O) groups is 1. The predicted molar refractivity (Wildman–Crippen MR) is 343 cm³/mol. The number of allylic oxidation sites excluding steroid dienone is 3. The number of terminal acetylenes is 1. The fourth-order valence-electron chi connectivity index (χ4n) is 9.00. The second kappa shape index (κ2) is 28.7. The van der Waals surface area contributed by atoms with Crippen LogP contribution in [0.1, 0.15) is 187 Å². The van der Waals surface area contributed by atoms with Gasteiger partial charge in [0.25, 0.3) is 8.32 Å². The predicted octanol–water partition coefficient (Wildman–Crippen LogP) is 20.4. The van der Waals surface area contributed by atoms with Crippen molar-refractivity contribution in [2.45, 2.75) is 290 Å². The van der Waals surface area contributed by atoms with Gasteiger partial charge < -0.3 is 26.9 Å². The number of hydrogen-bond donors (Lipinski definition) is 0. The van der Waals surface area contributed by atoms with Crippen LogP contribution in [0.15, 0.2) is 59.1 Å². The fraction of sp³-hybridized carbons (Fsp3) is 0.726. The van der Waals surface area contributed by atoms with E-state index in [2.05, 4.69) is 225 Å². The lowest BCUT2D eigenvalue weighted by Gasteiger charge is -2.42. The lowest BCUT2D eigenvalue weighted by atomic mass is 10.0. The summed E-state index contributed by atoms with van der Waals surface area (Å²) in [7, 11) is -11.5. The lowest BCUT2D eigenvalue weighted by Crippen LogP contribution is -2.51. The molecule has 7 nitrogen and oxygen atoms in total. The van der Waals surface area contributed by atoms with E-state index in [9.17, 15) is 0 Å². The van der Waals surface area contributed by atoms with E-state index in [1.165, 1.54) is 0 Å². The van der Waals surface area contributed by atoms with Crippen molar-refractivity contribution in [3.63, 3.8) is 0 Å². The van der Waals surface area contributed by atoms with Crippen molar-refractivity contribution in [3.8, 4) is 18.1 Å². The van der Waals surface area contributed by atoms with Crippen LogP contribution in [0.25, 0.3) is 6.08 Å². The molecule has 1 aromatic rings. The highest BCUT2D eigenvalue weighted by Crippen LogP contribution is 2.46. The Morgan fingerprint density at radius 1 is 0.640 bits per heavy atom. The number of esters is 1. The van der Waals surface area contributed by atoms with Gasteiger partial charge in [-0.2, -0.15) is 0 Å². The molecule has 0 saturated heterocycles. The molecule has 0 bridgehead atoms. The molecule has 0 aliphatic rings. The molecule has 75 heavy (non-hydrogen) atoms. The molecule has 5 atom stereocenters. The molecule has 0 aliphatic heterocycles. The minimum Gasteiger partial charge on any atom is -0.542 e. The molecule has 0 radical (unpaired) electrons. The normalized spacial score (nSPS) is 16.6. The second-order valence-electron chi connectivity index (χ2n) is 28.7. The van der Waals surface area contributed by atoms with Crippen LogP contribution in [0.5, 0.6) is 5.75 Å². The molecule has 0 aromatic heterocycles. The van der Waals surface area contributed by atoms with Crippen molar-refractivity contribution in [2.24, 2.45) is 0 Å². The molecule has 1 aromatic carbocycles. The van der Waals surface area contributed by atoms with Gasteiger partial charge in [-0.25, -0.2) is 4.79 Å². The van der Waals surface area contributed by atoms with Crippen LogP contribution in [0.3, 0.4) is 0 Å². The summed E-state index contributed by atoms with van der Waals surface area (Å²) in [5, 5.41) is -0.0370. The van der Waals surface area contributed by atoms with Gasteiger partial charge in [0.15, 0.2) is 33.3 Å². The smallest absolute Gasteiger partial charge is 0.342 e. The van der Waals surface area contributed by atoms with Crippen molar-refractivity contribution in [1.29, 1.82) is 0 Å². The van der Waals surface area contributed by atoms with E-state index < -0.39 is 53.7 Å². The molecule has 1 rings (SSSR count). The van der Waals surface area contributed by atoms with E-state index in [1.807, 2.05) is 42.5 Å². The summed E-state index contributed by atoms with van der Waals surface area (Å²) < 4.78 is 43.4. The Morgan fingerprint density at radius 2 is 1.11 bits per heavy atom. The Hall–Kier alpha value is -1.59. The summed E-state index contributed by atoms with van der Waals surface area (Å²) >= 11 is 3.42. The molecule has 0 saturated carbocycles. The molecule has 0 fully saturated rings. The van der Waals surface area contributed by atoms with Gasteiger partial charge in [-0.05, 0) is 139 Å². The van der Waals surface area contributed by atoms with Crippen LogP contribution in [0, 0.1) is 12.3 Å². The van der Waals surface area contributed by atoms with E-state index in [-0.39, 0.29) is 44.6 Å². The maximum atomic E-state index is 15.4. The van der Waals surface area contributed by atoms with E-state index >= 15 is 4.79 Å². The van der Waals surface area contributed by atoms with Gasteiger partial charge in [0.05, 0.1) is 18.3 Å². The second-order valence-corrected chi connectivity index (χ2v) is 53.6. The molecule has 430 valence electrons. The van der Waals surface area contributed by atoms with E-state index in [4.69, 9.17) is 33.3 Å². The lowest BCUT2D eigenvalue weighted by molar-refractivity contribution is 0.00260. The average Bonchev–Trinajstić information content (AvgIpc) is 3.20. The van der Waals surface area contributed by atoms with Crippen molar-refractivity contribution in [3.05, 3.63) is 70.3 Å². The summed E-state index contributed by atoms with van der Waals surface area (Å²) in [6, 6.07) is 5.94. The zero-order valence-corrected chi connectivity index (χ0v) is 59.8. The Kier molecular flexibility index (Phi) is 27.3. The largest absolute Gasteiger partial charge is 0.542 e. The molecular weight excluding hydrogens is 1080 g/mol. The van der Waals surface area contributed by atoms with E-state index in [0.717, 1.165) is 17.6 Å². The van der Waals surface area contributed by atoms with Gasteiger partial charge in [0.2, 0.25) is 0 Å². The minimum atomic E-state index is -2.50. The molecule has 0 aliphatic carbocycles. The zero-order chi connectivity index (χ0) is 58.6. The maximum absolute atomic E-state index is 15.4. The highest BCUT2D eigenvalue weighted by molar-refractivity contribution is 9.11. The van der Waals surface area contributed by atoms with Gasteiger partial charge >= 0.3 is 5.97 Å². The molecule has 13 heteroatoms. The van der Waals surface area contributed by atoms with Crippen LogP contribution < -0.4 is 4.43 Å². The molecule has 0 amide bonds. The molecule has 0 unspecified atom stereocenters. The summed E-state index contributed by atoms with van der Waals surface area (Å²) in [6.45, 7) is 63.8. The summed E-state index contributed by atoms with van der Waals surface area (Å²) in [4.78, 5) is 17.2. The van der Waals surface area contributed by atoms with Gasteiger partial charge in [-0.15, -0.1) is 6.42 Å². The highest BCUT2D eigenvalue weighted by atomic mass is 79.9. The van der Waals surface area contributed by atoms with Crippen LogP contribution >= 0.6 is 15.9 Å². The quantitative estimate of drug-likeness (QED) is 0.0272. The van der Waals surface area contributed by atoms with Crippen LogP contribution in [-0.2, 0) is 22.4 Å². The SMILES string of the molecule is C#C/C=C(\C)C[C@@H](C[C@@H](/C=C/C[C@@H](C[C@H](C[C@@H](C)O[Si](C)(C)C(C)(C)C)OC(=O)c1c(/C=C/C=C/Br)cccc1O[Si](C(C)C)(C(C)C)C(C)C)O[Si](C)(C)C(C)(C)C)O[Si](C)(C)C(C)(C)C)O[Si](C)(C)C(C)(C)C. The number of carbonyl (C=O) groups excluding carboxylic acids is 1. The molecule has 0 spiro atoms. The maximum Gasteiger partial charge on any atom is 0.342 e. The Bertz CT molecular complexity index is 2080. The Balaban J connectivity index is 4.27. The number of benzene rings is 1. The number of rotatable bonds is 28. The third-order valence-electron chi connectivity index (χ3n) is 17.3. The van der Waals surface area contributed by atoms with Crippen molar-refractivity contribution < 1.29 is 31.7 Å². The van der Waals surface area contributed by atoms with Gasteiger partial charge in [-0.3, -0.25) is 0 Å². The van der Waals surface area contributed by atoms with Crippen LogP contribution in [0.2, 0.25) is 89.2 Å². The third kappa shape index (κ3) is 21.4. The first kappa shape index (κ1) is 71.4. The molecular formula is C62H113BrO7Si5. The summed E-state index contributed by atoms with van der Waals surface area (Å²) in [5.74, 6) is 2.94. The summed E-state index contributed by atoms with van der Waals surface area (Å²) in [6.07, 6.45) is 19.8. The van der Waals surface area contributed by atoms with E-state index in [0.29, 0.717) is 53.6 Å². The zero-order valence-electron chi connectivity index (χ0n) is 53.2. The van der Waals surface area contributed by atoms with Crippen LogP contribution in [0.4, 0.5) is 0 Å². The van der Waals surface area contributed by atoms with Crippen molar-refractivity contribution >= 4 is 69.6 Å². The van der Waals surface area contributed by atoms with Gasteiger partial charge in [0, 0.05) is 25.4 Å². The number of hydrogen-bond acceptors (Lipinski definition) is 7. The number of ether oxygens (including phenoxy) is 1. The first-order valence-electron chi connectivity index (χ1n) is 28.3. The highest BCUT2D eigenvalue weighted by Gasteiger charge is 2.48.